The Labute approximate surface area is 233 Å². The van der Waals surface area contributed by atoms with Crippen molar-refractivity contribution in [1.82, 2.24) is 25.6 Å². The average molecular weight is 556 g/mol. The standard InChI is InChI=1S/C28H37N5O3S2/c1-19-16-24(25-6-5-14-38-25)30-21(3)26(19)27(34)29-11-7-20(2)32-12-8-23(9-13-32)33(28(35)31-36-4)17-22-10-15-37-18-22/h5-6,10,14-16,18,20,23H,7-9,11-13,17H2,1-4H3,(H,29,34)(H,31,35)/t20-/m1/s1. The number of thiophene rings is 2. The van der Waals surface area contributed by atoms with Crippen molar-refractivity contribution in [2.45, 2.75) is 58.7 Å². The van der Waals surface area contributed by atoms with Crippen molar-refractivity contribution in [1.29, 1.82) is 0 Å². The lowest BCUT2D eigenvalue weighted by Gasteiger charge is -2.40. The van der Waals surface area contributed by atoms with Crippen molar-refractivity contribution in [3.63, 3.8) is 0 Å². The molecule has 4 heterocycles. The zero-order valence-corrected chi connectivity index (χ0v) is 24.2. The molecule has 0 aliphatic carbocycles. The number of carbonyl (C=O) groups excluding carboxylic acids is 2. The molecule has 0 spiro atoms. The molecule has 1 aliphatic rings. The normalized spacial score (nSPS) is 15.3. The van der Waals surface area contributed by atoms with Crippen LogP contribution in [0.3, 0.4) is 0 Å². The summed E-state index contributed by atoms with van der Waals surface area (Å²) in [7, 11) is 1.46. The molecule has 0 aromatic carbocycles. The SMILES string of the molecule is CONC(=O)N(Cc1ccsc1)C1CCN([C@H](C)CCNC(=O)c2c(C)cc(-c3cccs3)nc2C)CC1. The number of pyridine rings is 1. The summed E-state index contributed by atoms with van der Waals surface area (Å²) in [6, 6.07) is 8.40. The molecule has 4 rings (SSSR count). The molecular formula is C28H37N5O3S2. The number of urea groups is 1. The second-order valence-electron chi connectivity index (χ2n) is 9.79. The van der Waals surface area contributed by atoms with Crippen LogP contribution in [0, 0.1) is 13.8 Å². The van der Waals surface area contributed by atoms with E-state index in [4.69, 9.17) is 4.84 Å². The summed E-state index contributed by atoms with van der Waals surface area (Å²) in [5.74, 6) is -0.0654. The van der Waals surface area contributed by atoms with Gasteiger partial charge in [-0.05, 0) is 85.5 Å². The average Bonchev–Trinajstić information content (AvgIpc) is 3.62. The van der Waals surface area contributed by atoms with E-state index in [1.165, 1.54) is 7.11 Å². The van der Waals surface area contributed by atoms with Crippen molar-refractivity contribution in [2.75, 3.05) is 26.7 Å². The van der Waals surface area contributed by atoms with Gasteiger partial charge in [0.05, 0.1) is 28.9 Å². The number of aryl methyl sites for hydroxylation is 2. The lowest BCUT2D eigenvalue weighted by molar-refractivity contribution is 0.0565. The Morgan fingerprint density at radius 3 is 2.66 bits per heavy atom. The quantitative estimate of drug-likeness (QED) is 0.335. The summed E-state index contributed by atoms with van der Waals surface area (Å²) in [5, 5.41) is 9.25. The molecule has 3 aromatic heterocycles. The van der Waals surface area contributed by atoms with Crippen LogP contribution in [0.4, 0.5) is 4.79 Å². The number of hydroxylamine groups is 1. The zero-order chi connectivity index (χ0) is 27.1. The van der Waals surface area contributed by atoms with Crippen molar-refractivity contribution < 1.29 is 14.4 Å². The second kappa shape index (κ2) is 13.3. The molecule has 3 amide bonds. The van der Waals surface area contributed by atoms with E-state index in [1.54, 1.807) is 22.7 Å². The van der Waals surface area contributed by atoms with Gasteiger partial charge in [0.15, 0.2) is 0 Å². The summed E-state index contributed by atoms with van der Waals surface area (Å²) < 4.78 is 0. The van der Waals surface area contributed by atoms with Gasteiger partial charge in [-0.3, -0.25) is 14.6 Å². The maximum absolute atomic E-state index is 13.0. The van der Waals surface area contributed by atoms with Gasteiger partial charge in [-0.15, -0.1) is 11.3 Å². The number of likely N-dealkylation sites (tertiary alicyclic amines) is 1. The highest BCUT2D eigenvalue weighted by atomic mass is 32.1. The molecule has 0 saturated carbocycles. The highest BCUT2D eigenvalue weighted by Gasteiger charge is 2.30. The monoisotopic (exact) mass is 555 g/mol. The van der Waals surface area contributed by atoms with Crippen LogP contribution < -0.4 is 10.8 Å². The van der Waals surface area contributed by atoms with Crippen LogP contribution in [-0.4, -0.2) is 65.5 Å². The van der Waals surface area contributed by atoms with Gasteiger partial charge in [0.2, 0.25) is 0 Å². The minimum absolute atomic E-state index is 0.0654. The Balaban J connectivity index is 1.26. The van der Waals surface area contributed by atoms with Gasteiger partial charge in [0.1, 0.15) is 0 Å². The maximum atomic E-state index is 13.0. The van der Waals surface area contributed by atoms with E-state index >= 15 is 0 Å². The van der Waals surface area contributed by atoms with Crippen LogP contribution in [0.15, 0.2) is 40.4 Å². The third-order valence-electron chi connectivity index (χ3n) is 7.19. The molecule has 1 aliphatic heterocycles. The molecule has 0 radical (unpaired) electrons. The van der Waals surface area contributed by atoms with Crippen LogP contribution in [0.5, 0.6) is 0 Å². The van der Waals surface area contributed by atoms with Gasteiger partial charge in [0.25, 0.3) is 5.91 Å². The van der Waals surface area contributed by atoms with E-state index in [2.05, 4.69) is 39.1 Å². The fourth-order valence-electron chi connectivity index (χ4n) is 5.12. The summed E-state index contributed by atoms with van der Waals surface area (Å²) in [6.45, 7) is 9.08. The minimum Gasteiger partial charge on any atom is -0.352 e. The van der Waals surface area contributed by atoms with E-state index in [0.29, 0.717) is 24.7 Å². The summed E-state index contributed by atoms with van der Waals surface area (Å²) in [6.07, 6.45) is 2.66. The predicted octanol–water partition coefficient (Wildman–Crippen LogP) is 5.23. The molecule has 1 atom stereocenters. The lowest BCUT2D eigenvalue weighted by atomic mass is 10.0. The number of aromatic nitrogens is 1. The number of carbonyl (C=O) groups is 2. The summed E-state index contributed by atoms with van der Waals surface area (Å²) in [4.78, 5) is 40.7. The Kier molecular flexibility index (Phi) is 9.90. The molecule has 38 heavy (non-hydrogen) atoms. The van der Waals surface area contributed by atoms with E-state index in [9.17, 15) is 9.59 Å². The molecule has 0 unspecified atom stereocenters. The first kappa shape index (κ1) is 28.2. The molecule has 8 nitrogen and oxygen atoms in total. The van der Waals surface area contributed by atoms with Gasteiger partial charge >= 0.3 is 6.03 Å². The highest BCUT2D eigenvalue weighted by molar-refractivity contribution is 7.13. The van der Waals surface area contributed by atoms with E-state index in [0.717, 1.165) is 59.7 Å². The second-order valence-corrected chi connectivity index (χ2v) is 11.5. The van der Waals surface area contributed by atoms with Crippen LogP contribution in [-0.2, 0) is 11.4 Å². The Morgan fingerprint density at radius 2 is 2.03 bits per heavy atom. The Hall–Kier alpha value is -2.79. The molecular weight excluding hydrogens is 518 g/mol. The largest absolute Gasteiger partial charge is 0.352 e. The van der Waals surface area contributed by atoms with Gasteiger partial charge < -0.3 is 15.1 Å². The first-order valence-electron chi connectivity index (χ1n) is 13.0. The van der Waals surface area contributed by atoms with Gasteiger partial charge in [-0.25, -0.2) is 10.3 Å². The number of nitrogens with one attached hydrogen (secondary N) is 2. The molecule has 2 N–H and O–H groups in total. The van der Waals surface area contributed by atoms with Crippen LogP contribution >= 0.6 is 22.7 Å². The molecule has 10 heteroatoms. The van der Waals surface area contributed by atoms with Gasteiger partial charge in [-0.2, -0.15) is 11.3 Å². The molecule has 0 bridgehead atoms. The third kappa shape index (κ3) is 6.99. The Morgan fingerprint density at radius 1 is 1.24 bits per heavy atom. The number of piperidine rings is 1. The van der Waals surface area contributed by atoms with E-state index in [-0.39, 0.29) is 18.0 Å². The van der Waals surface area contributed by atoms with Crippen LogP contribution in [0.1, 0.15) is 53.4 Å². The first-order valence-corrected chi connectivity index (χ1v) is 14.8. The fourth-order valence-corrected chi connectivity index (χ4v) is 6.47. The third-order valence-corrected chi connectivity index (χ3v) is 8.82. The minimum atomic E-state index is -0.198. The smallest absolute Gasteiger partial charge is 0.341 e. The summed E-state index contributed by atoms with van der Waals surface area (Å²) >= 11 is 3.28. The van der Waals surface area contributed by atoms with Crippen LogP contribution in [0.25, 0.3) is 10.6 Å². The molecule has 1 saturated heterocycles. The number of hydrogen-bond donors (Lipinski definition) is 2. The first-order chi connectivity index (χ1) is 18.4. The van der Waals surface area contributed by atoms with Crippen molar-refractivity contribution in [3.8, 4) is 10.6 Å². The van der Waals surface area contributed by atoms with Gasteiger partial charge in [-0.1, -0.05) is 6.07 Å². The number of nitrogens with zero attached hydrogens (tertiary/aromatic N) is 3. The summed E-state index contributed by atoms with van der Waals surface area (Å²) in [5.41, 5.74) is 6.90. The van der Waals surface area contributed by atoms with Crippen LogP contribution in [0.2, 0.25) is 0 Å². The fraction of sp³-hybridized carbons (Fsp3) is 0.464. The highest BCUT2D eigenvalue weighted by Crippen LogP contribution is 2.26. The van der Waals surface area contributed by atoms with Gasteiger partial charge in [0, 0.05) is 38.3 Å². The number of amides is 3. The van der Waals surface area contributed by atoms with E-state index < -0.39 is 0 Å². The number of hydrogen-bond acceptors (Lipinski definition) is 7. The molecule has 3 aromatic rings. The predicted molar refractivity (Wildman–Crippen MR) is 153 cm³/mol. The van der Waals surface area contributed by atoms with Crippen molar-refractivity contribution in [3.05, 3.63) is 62.8 Å². The maximum Gasteiger partial charge on any atom is 0.341 e. The Bertz CT molecular complexity index is 1170. The van der Waals surface area contributed by atoms with Crippen molar-refractivity contribution >= 4 is 34.6 Å². The van der Waals surface area contributed by atoms with E-state index in [1.807, 2.05) is 47.7 Å². The molecule has 1 fully saturated rings. The topological polar surface area (TPSA) is 86.8 Å². The lowest BCUT2D eigenvalue weighted by Crippen LogP contribution is -2.51. The number of rotatable bonds is 10. The molecule has 204 valence electrons. The van der Waals surface area contributed by atoms with Crippen molar-refractivity contribution in [2.24, 2.45) is 0 Å². The zero-order valence-electron chi connectivity index (χ0n) is 22.5.